The van der Waals surface area contributed by atoms with Gasteiger partial charge in [0, 0.05) is 41.1 Å². The number of thiophene rings is 1. The fourth-order valence-electron chi connectivity index (χ4n) is 2.75. The van der Waals surface area contributed by atoms with Crippen LogP contribution in [0.2, 0.25) is 5.02 Å². The fourth-order valence-corrected chi connectivity index (χ4v) is 3.83. The lowest BCUT2D eigenvalue weighted by atomic mass is 10.2. The van der Waals surface area contributed by atoms with Crippen molar-refractivity contribution in [3.05, 3.63) is 64.5 Å². The maximum absolute atomic E-state index is 5.97. The van der Waals surface area contributed by atoms with E-state index >= 15 is 0 Å². The molecule has 4 rings (SSSR count). The zero-order chi connectivity index (χ0) is 18.1. The molecule has 0 atom stereocenters. The third kappa shape index (κ3) is 3.54. The first kappa shape index (κ1) is 16.9. The smallest absolute Gasteiger partial charge is 0.203 e. The Labute approximate surface area is 161 Å². The molecule has 0 radical (unpaired) electrons. The van der Waals surface area contributed by atoms with Crippen molar-refractivity contribution in [3.8, 4) is 10.4 Å². The molecule has 6 heteroatoms. The van der Waals surface area contributed by atoms with Crippen molar-refractivity contribution in [2.45, 2.75) is 6.54 Å². The van der Waals surface area contributed by atoms with Gasteiger partial charge in [-0.2, -0.15) is 0 Å². The topological polar surface area (TPSA) is 44.0 Å². The van der Waals surface area contributed by atoms with Crippen LogP contribution in [0, 0.1) is 0 Å². The molecule has 0 bridgehead atoms. The van der Waals surface area contributed by atoms with E-state index in [1.807, 2.05) is 37.2 Å². The van der Waals surface area contributed by atoms with Crippen molar-refractivity contribution < 1.29 is 0 Å². The average molecular weight is 383 g/mol. The highest BCUT2D eigenvalue weighted by molar-refractivity contribution is 7.15. The number of fused-ring (bicyclic) bond motifs is 1. The van der Waals surface area contributed by atoms with Crippen molar-refractivity contribution in [2.75, 3.05) is 24.3 Å². The Balaban J connectivity index is 1.47. The van der Waals surface area contributed by atoms with Crippen LogP contribution in [-0.2, 0) is 6.54 Å². The Morgan fingerprint density at radius 3 is 2.65 bits per heavy atom. The quantitative estimate of drug-likeness (QED) is 0.470. The zero-order valence-corrected chi connectivity index (χ0v) is 16.2. The molecule has 0 saturated carbocycles. The molecule has 26 heavy (non-hydrogen) atoms. The van der Waals surface area contributed by atoms with Crippen LogP contribution in [0.4, 0.5) is 11.6 Å². The Hall–Kier alpha value is -2.50. The molecule has 0 aliphatic carbocycles. The van der Waals surface area contributed by atoms with E-state index in [0.29, 0.717) is 0 Å². The summed E-state index contributed by atoms with van der Waals surface area (Å²) in [4.78, 5) is 12.4. The van der Waals surface area contributed by atoms with E-state index in [4.69, 9.17) is 11.6 Å². The summed E-state index contributed by atoms with van der Waals surface area (Å²) < 4.78 is 0. The van der Waals surface area contributed by atoms with Crippen molar-refractivity contribution in [1.29, 1.82) is 0 Å². The second kappa shape index (κ2) is 7.02. The maximum atomic E-state index is 5.97. The lowest BCUT2D eigenvalue weighted by molar-refractivity contribution is 1.05. The van der Waals surface area contributed by atoms with Gasteiger partial charge in [0.1, 0.15) is 0 Å². The van der Waals surface area contributed by atoms with Gasteiger partial charge in [-0.25, -0.2) is 4.98 Å². The van der Waals surface area contributed by atoms with Crippen LogP contribution in [0.1, 0.15) is 4.88 Å². The third-order valence-electron chi connectivity index (χ3n) is 4.15. The Morgan fingerprint density at radius 1 is 1.08 bits per heavy atom. The van der Waals surface area contributed by atoms with Crippen LogP contribution in [0.25, 0.3) is 21.5 Å². The normalized spacial score (nSPS) is 11.0. The van der Waals surface area contributed by atoms with Gasteiger partial charge in [-0.3, -0.25) is 0 Å². The molecule has 2 aromatic heterocycles. The molecule has 0 fully saturated rings. The number of H-pyrrole nitrogens is 1. The number of nitrogens with one attached hydrogen (secondary N) is 2. The number of hydrogen-bond acceptors (Lipinski definition) is 4. The molecule has 0 aliphatic rings. The summed E-state index contributed by atoms with van der Waals surface area (Å²) >= 11 is 7.76. The number of rotatable bonds is 5. The second-order valence-electron chi connectivity index (χ2n) is 6.31. The highest BCUT2D eigenvalue weighted by Crippen LogP contribution is 2.29. The summed E-state index contributed by atoms with van der Waals surface area (Å²) in [5, 5.41) is 4.26. The van der Waals surface area contributed by atoms with Crippen LogP contribution in [0.3, 0.4) is 0 Å². The first-order valence-corrected chi connectivity index (χ1v) is 9.53. The molecule has 2 N–H and O–H groups in total. The molecule has 0 unspecified atom stereocenters. The second-order valence-corrected chi connectivity index (χ2v) is 7.92. The number of aromatic amines is 1. The molecule has 2 heterocycles. The van der Waals surface area contributed by atoms with Gasteiger partial charge in [0.05, 0.1) is 11.0 Å². The van der Waals surface area contributed by atoms with Crippen molar-refractivity contribution in [1.82, 2.24) is 9.97 Å². The number of benzene rings is 2. The first-order valence-electron chi connectivity index (χ1n) is 8.34. The number of imidazole rings is 1. The molecular formula is C20H19ClN4S. The van der Waals surface area contributed by atoms with Gasteiger partial charge in [-0.05, 0) is 48.0 Å². The Morgan fingerprint density at radius 2 is 1.88 bits per heavy atom. The monoisotopic (exact) mass is 382 g/mol. The molecular weight excluding hydrogens is 364 g/mol. The Kier molecular flexibility index (Phi) is 4.57. The van der Waals surface area contributed by atoms with E-state index in [1.165, 1.54) is 15.3 Å². The van der Waals surface area contributed by atoms with E-state index in [2.05, 4.69) is 51.7 Å². The van der Waals surface area contributed by atoms with Crippen LogP contribution in [0.5, 0.6) is 0 Å². The van der Waals surface area contributed by atoms with Gasteiger partial charge in [-0.1, -0.05) is 23.7 Å². The minimum atomic E-state index is 0.763. The van der Waals surface area contributed by atoms with Crippen LogP contribution >= 0.6 is 22.9 Å². The molecule has 0 spiro atoms. The number of anilines is 2. The van der Waals surface area contributed by atoms with E-state index in [0.717, 1.165) is 34.2 Å². The molecule has 2 aromatic carbocycles. The van der Waals surface area contributed by atoms with Gasteiger partial charge >= 0.3 is 0 Å². The van der Waals surface area contributed by atoms with Crippen molar-refractivity contribution in [2.24, 2.45) is 0 Å². The third-order valence-corrected chi connectivity index (χ3v) is 5.54. The van der Waals surface area contributed by atoms with E-state index < -0.39 is 0 Å². The van der Waals surface area contributed by atoms with Crippen molar-refractivity contribution in [3.63, 3.8) is 0 Å². The van der Waals surface area contributed by atoms with Crippen LogP contribution < -0.4 is 10.2 Å². The number of nitrogens with zero attached hydrogens (tertiary/aromatic N) is 2. The molecule has 0 amide bonds. The first-order chi connectivity index (χ1) is 12.6. The molecule has 132 valence electrons. The standard InChI is InChI=1S/C20H19ClN4S/c1-25(2)20-23-17-9-7-15(11-18(17)24-20)22-12-16-8-10-19(26-16)13-3-5-14(21)6-4-13/h3-11,22H,12H2,1-2H3,(H,23,24). The van der Waals surface area contributed by atoms with Gasteiger partial charge in [0.2, 0.25) is 5.95 Å². The lowest BCUT2D eigenvalue weighted by Gasteiger charge is -2.05. The largest absolute Gasteiger partial charge is 0.380 e. The predicted octanol–water partition coefficient (Wildman–Crippen LogP) is 5.62. The number of hydrogen-bond donors (Lipinski definition) is 2. The summed E-state index contributed by atoms with van der Waals surface area (Å²) in [6, 6.07) is 18.5. The van der Waals surface area contributed by atoms with Gasteiger partial charge in [-0.15, -0.1) is 11.3 Å². The lowest BCUT2D eigenvalue weighted by Crippen LogP contribution is -2.09. The fraction of sp³-hybridized carbons (Fsp3) is 0.150. The zero-order valence-electron chi connectivity index (χ0n) is 14.6. The van der Waals surface area contributed by atoms with E-state index in [1.54, 1.807) is 11.3 Å². The minimum absolute atomic E-state index is 0.763. The number of aromatic nitrogens is 2. The maximum Gasteiger partial charge on any atom is 0.203 e. The predicted molar refractivity (Wildman–Crippen MR) is 113 cm³/mol. The summed E-state index contributed by atoms with van der Waals surface area (Å²) in [7, 11) is 3.96. The molecule has 0 saturated heterocycles. The Bertz CT molecular complexity index is 1030. The van der Waals surface area contributed by atoms with Crippen LogP contribution in [-0.4, -0.2) is 24.1 Å². The minimum Gasteiger partial charge on any atom is -0.380 e. The SMILES string of the molecule is CN(C)c1nc2ccc(NCc3ccc(-c4ccc(Cl)cc4)s3)cc2[nH]1. The summed E-state index contributed by atoms with van der Waals surface area (Å²) in [6.45, 7) is 0.790. The highest BCUT2D eigenvalue weighted by Gasteiger charge is 2.06. The van der Waals surface area contributed by atoms with Crippen LogP contribution in [0.15, 0.2) is 54.6 Å². The summed E-state index contributed by atoms with van der Waals surface area (Å²) in [6.07, 6.45) is 0. The van der Waals surface area contributed by atoms with Gasteiger partial charge in [0.25, 0.3) is 0 Å². The van der Waals surface area contributed by atoms with Gasteiger partial charge in [0.15, 0.2) is 0 Å². The summed E-state index contributed by atoms with van der Waals surface area (Å²) in [5.74, 6) is 0.864. The van der Waals surface area contributed by atoms with E-state index in [-0.39, 0.29) is 0 Å². The van der Waals surface area contributed by atoms with Crippen molar-refractivity contribution >= 4 is 45.6 Å². The average Bonchev–Trinajstić information content (AvgIpc) is 3.27. The summed E-state index contributed by atoms with van der Waals surface area (Å²) in [5.41, 5.74) is 4.28. The molecule has 0 aliphatic heterocycles. The molecule has 4 nitrogen and oxygen atoms in total. The number of halogens is 1. The highest BCUT2D eigenvalue weighted by atomic mass is 35.5. The van der Waals surface area contributed by atoms with Gasteiger partial charge < -0.3 is 15.2 Å². The van der Waals surface area contributed by atoms with E-state index in [9.17, 15) is 0 Å². The molecule has 4 aromatic rings.